The third-order valence-corrected chi connectivity index (χ3v) is 4.36. The van der Waals surface area contributed by atoms with Crippen LogP contribution >= 0.6 is 0 Å². The second-order valence-corrected chi connectivity index (χ2v) is 5.67. The summed E-state index contributed by atoms with van der Waals surface area (Å²) in [5, 5.41) is 0. The van der Waals surface area contributed by atoms with Crippen molar-refractivity contribution in [3.05, 3.63) is 23.8 Å². The van der Waals surface area contributed by atoms with Crippen LogP contribution in [0.25, 0.3) is 0 Å². The van der Waals surface area contributed by atoms with Crippen LogP contribution in [-0.2, 0) is 9.53 Å². The van der Waals surface area contributed by atoms with Crippen molar-refractivity contribution in [2.75, 3.05) is 43.7 Å². The number of rotatable bonds is 3. The first-order valence-corrected chi connectivity index (χ1v) is 7.02. The van der Waals surface area contributed by atoms with Crippen molar-refractivity contribution in [2.45, 2.75) is 12.5 Å². The van der Waals surface area contributed by atoms with Gasteiger partial charge in [0.25, 0.3) is 0 Å². The van der Waals surface area contributed by atoms with Gasteiger partial charge in [-0.05, 0) is 18.6 Å². The van der Waals surface area contributed by atoms with E-state index in [0.29, 0.717) is 5.92 Å². The first-order chi connectivity index (χ1) is 9.61. The molecule has 1 aromatic rings. The van der Waals surface area contributed by atoms with E-state index in [9.17, 15) is 4.79 Å². The van der Waals surface area contributed by atoms with Crippen LogP contribution in [0.3, 0.4) is 0 Å². The van der Waals surface area contributed by atoms with Crippen molar-refractivity contribution in [1.29, 1.82) is 0 Å². The van der Waals surface area contributed by atoms with Gasteiger partial charge in [-0.25, -0.2) is 0 Å². The fraction of sp³-hybridized carbons (Fsp3) is 0.533. The van der Waals surface area contributed by atoms with Crippen LogP contribution in [0.4, 0.5) is 11.4 Å². The van der Waals surface area contributed by atoms with Crippen molar-refractivity contribution in [2.24, 2.45) is 11.7 Å². The summed E-state index contributed by atoms with van der Waals surface area (Å²) >= 11 is 0. The normalized spacial score (nSPS) is 25.4. The van der Waals surface area contributed by atoms with Crippen LogP contribution in [-0.4, -0.2) is 39.8 Å². The number of hydrogen-bond acceptors (Lipinski definition) is 4. The molecule has 1 aromatic carbocycles. The topological polar surface area (TPSA) is 58.8 Å². The average molecular weight is 275 g/mol. The van der Waals surface area contributed by atoms with E-state index < -0.39 is 6.04 Å². The first-order valence-electron chi connectivity index (χ1n) is 7.02. The fourth-order valence-corrected chi connectivity index (χ4v) is 3.18. The predicted molar refractivity (Wildman–Crippen MR) is 79.0 cm³/mol. The van der Waals surface area contributed by atoms with E-state index >= 15 is 0 Å². The van der Waals surface area contributed by atoms with Crippen LogP contribution in [0.15, 0.2) is 18.2 Å². The zero-order chi connectivity index (χ0) is 14.3. The number of fused-ring (bicyclic) bond motifs is 1. The van der Waals surface area contributed by atoms with Gasteiger partial charge in [0.15, 0.2) is 0 Å². The maximum atomic E-state index is 11.9. The molecule has 2 atom stereocenters. The number of nitrogens with two attached hydrogens (primary N) is 1. The zero-order valence-electron chi connectivity index (χ0n) is 12.0. The van der Waals surface area contributed by atoms with Gasteiger partial charge in [0, 0.05) is 44.4 Å². The molecule has 20 heavy (non-hydrogen) atoms. The molecule has 0 bridgehead atoms. The molecule has 2 N–H and O–H groups in total. The van der Waals surface area contributed by atoms with Crippen molar-refractivity contribution in [3.63, 3.8) is 0 Å². The molecule has 0 aromatic heterocycles. The molecule has 0 aliphatic carbocycles. The maximum Gasteiger partial charge on any atom is 0.248 e. The second kappa shape index (κ2) is 5.07. The van der Waals surface area contributed by atoms with Gasteiger partial charge in [0.2, 0.25) is 5.91 Å². The van der Waals surface area contributed by atoms with Gasteiger partial charge in [0.1, 0.15) is 6.04 Å². The van der Waals surface area contributed by atoms with Gasteiger partial charge in [-0.1, -0.05) is 6.07 Å². The summed E-state index contributed by atoms with van der Waals surface area (Å²) in [6.07, 6.45) is 1.15. The standard InChI is InChI=1S/C15H21N3O2/c1-17-13-7-11(3-4-12(13)14(16)15(17)19)18-6-5-10(8-18)9-20-2/h3-4,7,10,14H,5-6,8-9,16H2,1-2H3. The Morgan fingerprint density at radius 1 is 1.45 bits per heavy atom. The summed E-state index contributed by atoms with van der Waals surface area (Å²) in [4.78, 5) is 15.9. The molecule has 0 saturated carbocycles. The summed E-state index contributed by atoms with van der Waals surface area (Å²) in [6.45, 7) is 2.86. The third kappa shape index (κ3) is 2.07. The van der Waals surface area contributed by atoms with Gasteiger partial charge in [-0.2, -0.15) is 0 Å². The molecule has 2 aliphatic heterocycles. The highest BCUT2D eigenvalue weighted by Gasteiger charge is 2.33. The Morgan fingerprint density at radius 2 is 2.25 bits per heavy atom. The van der Waals surface area contributed by atoms with Gasteiger partial charge in [-0.15, -0.1) is 0 Å². The minimum absolute atomic E-state index is 0.0316. The van der Waals surface area contributed by atoms with Crippen LogP contribution in [0.2, 0.25) is 0 Å². The van der Waals surface area contributed by atoms with Crippen LogP contribution < -0.4 is 15.5 Å². The van der Waals surface area contributed by atoms with Gasteiger partial charge < -0.3 is 20.3 Å². The van der Waals surface area contributed by atoms with Crippen molar-refractivity contribution >= 4 is 17.3 Å². The SMILES string of the molecule is COCC1CCN(c2ccc3c(c2)N(C)C(=O)C3N)C1. The molecule has 1 amide bonds. The number of anilines is 2. The Morgan fingerprint density at radius 3 is 3.00 bits per heavy atom. The van der Waals surface area contributed by atoms with E-state index in [4.69, 9.17) is 10.5 Å². The zero-order valence-corrected chi connectivity index (χ0v) is 12.0. The van der Waals surface area contributed by atoms with Crippen LogP contribution in [0.5, 0.6) is 0 Å². The fourth-order valence-electron chi connectivity index (χ4n) is 3.18. The number of benzene rings is 1. The molecule has 5 nitrogen and oxygen atoms in total. The highest BCUT2D eigenvalue weighted by atomic mass is 16.5. The molecule has 1 fully saturated rings. The largest absolute Gasteiger partial charge is 0.384 e. The Labute approximate surface area is 119 Å². The van der Waals surface area contributed by atoms with E-state index in [1.807, 2.05) is 6.07 Å². The average Bonchev–Trinajstić information content (AvgIpc) is 3.00. The molecule has 3 rings (SSSR count). The molecule has 2 heterocycles. The first kappa shape index (κ1) is 13.4. The Hall–Kier alpha value is -1.59. The molecule has 5 heteroatoms. The van der Waals surface area contributed by atoms with Crippen molar-refractivity contribution < 1.29 is 9.53 Å². The number of carbonyl (C=O) groups excluding carboxylic acids is 1. The Bertz CT molecular complexity index is 532. The molecular formula is C15H21N3O2. The quantitative estimate of drug-likeness (QED) is 0.898. The second-order valence-electron chi connectivity index (χ2n) is 5.67. The van der Waals surface area contributed by atoms with Gasteiger partial charge in [0.05, 0.1) is 12.3 Å². The molecule has 2 unspecified atom stereocenters. The molecule has 0 spiro atoms. The van der Waals surface area contributed by atoms with Gasteiger partial charge in [-0.3, -0.25) is 4.79 Å². The summed E-state index contributed by atoms with van der Waals surface area (Å²) in [5.74, 6) is 0.561. The summed E-state index contributed by atoms with van der Waals surface area (Å²) in [5.41, 5.74) is 8.95. The third-order valence-electron chi connectivity index (χ3n) is 4.36. The highest BCUT2D eigenvalue weighted by Crippen LogP contribution is 2.37. The lowest BCUT2D eigenvalue weighted by Crippen LogP contribution is -2.27. The highest BCUT2D eigenvalue weighted by molar-refractivity contribution is 6.04. The van der Waals surface area contributed by atoms with E-state index in [1.165, 1.54) is 0 Å². The van der Waals surface area contributed by atoms with Crippen molar-refractivity contribution in [3.8, 4) is 0 Å². The smallest absolute Gasteiger partial charge is 0.248 e. The van der Waals surface area contributed by atoms with E-state index in [-0.39, 0.29) is 5.91 Å². The van der Waals surface area contributed by atoms with E-state index in [2.05, 4.69) is 17.0 Å². The molecule has 108 valence electrons. The molecule has 0 radical (unpaired) electrons. The monoisotopic (exact) mass is 275 g/mol. The summed E-state index contributed by atoms with van der Waals surface area (Å²) in [7, 11) is 3.54. The summed E-state index contributed by atoms with van der Waals surface area (Å²) in [6, 6.07) is 5.62. The number of ether oxygens (including phenoxy) is 1. The maximum absolute atomic E-state index is 11.9. The minimum atomic E-state index is -0.510. The van der Waals surface area contributed by atoms with E-state index in [1.54, 1.807) is 19.1 Å². The lowest BCUT2D eigenvalue weighted by atomic mass is 10.1. The lowest BCUT2D eigenvalue weighted by molar-refractivity contribution is -0.118. The molecular weight excluding hydrogens is 254 g/mol. The lowest BCUT2D eigenvalue weighted by Gasteiger charge is -2.20. The Balaban J connectivity index is 1.82. The van der Waals surface area contributed by atoms with Crippen molar-refractivity contribution in [1.82, 2.24) is 0 Å². The summed E-state index contributed by atoms with van der Waals surface area (Å²) < 4.78 is 5.23. The molecule has 1 saturated heterocycles. The van der Waals surface area contributed by atoms with Gasteiger partial charge >= 0.3 is 0 Å². The number of methoxy groups -OCH3 is 1. The number of hydrogen-bond donors (Lipinski definition) is 1. The van der Waals surface area contributed by atoms with Crippen LogP contribution in [0.1, 0.15) is 18.0 Å². The minimum Gasteiger partial charge on any atom is -0.384 e. The number of carbonyl (C=O) groups is 1. The van der Waals surface area contributed by atoms with Crippen LogP contribution in [0, 0.1) is 5.92 Å². The Kier molecular flexibility index (Phi) is 3.40. The molecule has 2 aliphatic rings. The number of amides is 1. The number of likely N-dealkylation sites (N-methyl/N-ethyl adjacent to an activating group) is 1. The van der Waals surface area contributed by atoms with E-state index in [0.717, 1.165) is 43.1 Å². The predicted octanol–water partition coefficient (Wildman–Crippen LogP) is 1.14. The number of nitrogens with zero attached hydrogens (tertiary/aromatic N) is 2.